The molecule has 3 nitrogen and oxygen atoms in total. The van der Waals surface area contributed by atoms with Gasteiger partial charge in [-0.05, 0) is 44.1 Å². The summed E-state index contributed by atoms with van der Waals surface area (Å²) in [5.74, 6) is 0.226. The van der Waals surface area contributed by atoms with Crippen LogP contribution in [0.3, 0.4) is 0 Å². The normalized spacial score (nSPS) is 17.1. The van der Waals surface area contributed by atoms with E-state index in [0.717, 1.165) is 25.3 Å². The Kier molecular flexibility index (Phi) is 4.11. The van der Waals surface area contributed by atoms with Gasteiger partial charge in [-0.15, -0.1) is 0 Å². The zero-order chi connectivity index (χ0) is 13.8. The van der Waals surface area contributed by atoms with Gasteiger partial charge in [-0.3, -0.25) is 4.90 Å². The van der Waals surface area contributed by atoms with Crippen LogP contribution in [-0.4, -0.2) is 23.0 Å². The van der Waals surface area contributed by atoms with Crippen molar-refractivity contribution in [3.63, 3.8) is 0 Å². The second kappa shape index (κ2) is 6.18. The number of hydrogen-bond acceptors (Lipinski definition) is 3. The molecule has 0 saturated carbocycles. The number of nitrogens with zero attached hydrogens (tertiary/aromatic N) is 2. The van der Waals surface area contributed by atoms with Gasteiger partial charge in [0, 0.05) is 12.1 Å². The van der Waals surface area contributed by atoms with Crippen molar-refractivity contribution in [2.75, 3.05) is 13.1 Å². The summed E-state index contributed by atoms with van der Waals surface area (Å²) in [5.41, 5.74) is 1.61. The molecule has 0 bridgehead atoms. The summed E-state index contributed by atoms with van der Waals surface area (Å²) in [6.07, 6.45) is 6.85. The average molecular weight is 274 g/mol. The molecule has 1 fully saturated rings. The van der Waals surface area contributed by atoms with Crippen molar-refractivity contribution in [3.8, 4) is 11.5 Å². The van der Waals surface area contributed by atoms with E-state index < -0.39 is 0 Å². The lowest BCUT2D eigenvalue weighted by Crippen LogP contribution is -2.24. The van der Waals surface area contributed by atoms with Crippen molar-refractivity contribution in [3.05, 3.63) is 42.0 Å². The fraction of sp³-hybridized carbons (Fsp3) is 0.438. The second-order valence-corrected chi connectivity index (χ2v) is 5.34. The summed E-state index contributed by atoms with van der Waals surface area (Å²) in [7, 11) is 0. The van der Waals surface area contributed by atoms with E-state index in [-0.39, 0.29) is 5.82 Å². The molecule has 0 unspecified atom stereocenters. The lowest BCUT2D eigenvalue weighted by atomic mass is 10.2. The molecular formula is C16H19FN2O. The molecule has 1 aliphatic rings. The first-order chi connectivity index (χ1) is 9.81. The molecule has 1 saturated heterocycles. The molecule has 0 radical (unpaired) electrons. The maximum absolute atomic E-state index is 13.2. The summed E-state index contributed by atoms with van der Waals surface area (Å²) in [6.45, 7) is 3.07. The number of likely N-dealkylation sites (tertiary alicyclic amines) is 1. The summed E-state index contributed by atoms with van der Waals surface area (Å²) in [6, 6.07) is 6.35. The second-order valence-electron chi connectivity index (χ2n) is 5.34. The molecule has 0 N–H and O–H groups in total. The topological polar surface area (TPSA) is 29.3 Å². The highest BCUT2D eigenvalue weighted by Gasteiger charge is 2.13. The minimum atomic E-state index is -0.269. The first-order valence-electron chi connectivity index (χ1n) is 7.24. The van der Waals surface area contributed by atoms with Gasteiger partial charge in [0.15, 0.2) is 0 Å². The van der Waals surface area contributed by atoms with Crippen molar-refractivity contribution in [1.82, 2.24) is 9.88 Å². The molecule has 1 aliphatic heterocycles. The maximum Gasteiger partial charge on any atom is 0.226 e. The number of halogens is 1. The molecule has 3 rings (SSSR count). The fourth-order valence-corrected chi connectivity index (χ4v) is 2.66. The fourth-order valence-electron chi connectivity index (χ4n) is 2.66. The van der Waals surface area contributed by atoms with Crippen LogP contribution in [0.1, 0.15) is 31.4 Å². The van der Waals surface area contributed by atoms with Crippen LogP contribution in [0.15, 0.2) is 34.9 Å². The highest BCUT2D eigenvalue weighted by atomic mass is 19.1. The third-order valence-corrected chi connectivity index (χ3v) is 3.71. The standard InChI is InChI=1S/C16H19FN2O/c17-14-7-5-6-13(10-14)16-18-15(12-20-16)11-19-8-3-1-2-4-9-19/h5-7,10,12H,1-4,8-9,11H2. The van der Waals surface area contributed by atoms with Crippen molar-refractivity contribution in [1.29, 1.82) is 0 Å². The molecule has 2 aromatic rings. The molecule has 2 heterocycles. The maximum atomic E-state index is 13.2. The van der Waals surface area contributed by atoms with Crippen LogP contribution in [0.5, 0.6) is 0 Å². The first-order valence-corrected chi connectivity index (χ1v) is 7.24. The Morgan fingerprint density at radius 2 is 1.95 bits per heavy atom. The van der Waals surface area contributed by atoms with E-state index in [4.69, 9.17) is 4.42 Å². The van der Waals surface area contributed by atoms with Crippen LogP contribution in [-0.2, 0) is 6.54 Å². The predicted octanol–water partition coefficient (Wildman–Crippen LogP) is 3.86. The quantitative estimate of drug-likeness (QED) is 0.851. The number of oxazole rings is 1. The molecule has 0 spiro atoms. The molecule has 0 aliphatic carbocycles. The van der Waals surface area contributed by atoms with Crippen LogP contribution in [0, 0.1) is 5.82 Å². The van der Waals surface area contributed by atoms with Crippen molar-refractivity contribution >= 4 is 0 Å². The van der Waals surface area contributed by atoms with Gasteiger partial charge in [0.05, 0.1) is 5.69 Å². The zero-order valence-corrected chi connectivity index (χ0v) is 11.5. The summed E-state index contributed by atoms with van der Waals surface area (Å²) >= 11 is 0. The zero-order valence-electron chi connectivity index (χ0n) is 11.5. The van der Waals surface area contributed by atoms with Crippen molar-refractivity contribution in [2.24, 2.45) is 0 Å². The number of aromatic nitrogens is 1. The van der Waals surface area contributed by atoms with E-state index in [1.54, 1.807) is 12.3 Å². The highest BCUT2D eigenvalue weighted by molar-refractivity contribution is 5.52. The third-order valence-electron chi connectivity index (χ3n) is 3.71. The summed E-state index contributed by atoms with van der Waals surface area (Å²) < 4.78 is 18.7. The van der Waals surface area contributed by atoms with Gasteiger partial charge in [0.2, 0.25) is 5.89 Å². The van der Waals surface area contributed by atoms with Crippen molar-refractivity contribution in [2.45, 2.75) is 32.2 Å². The third kappa shape index (κ3) is 3.25. The van der Waals surface area contributed by atoms with Gasteiger partial charge < -0.3 is 4.42 Å². The molecule has 4 heteroatoms. The Labute approximate surface area is 118 Å². The van der Waals surface area contributed by atoms with Crippen LogP contribution in [0.25, 0.3) is 11.5 Å². The lowest BCUT2D eigenvalue weighted by molar-refractivity contribution is 0.273. The molecule has 20 heavy (non-hydrogen) atoms. The van der Waals surface area contributed by atoms with Gasteiger partial charge in [-0.1, -0.05) is 18.9 Å². The molecule has 106 valence electrons. The largest absolute Gasteiger partial charge is 0.444 e. The predicted molar refractivity (Wildman–Crippen MR) is 75.6 cm³/mol. The SMILES string of the molecule is Fc1cccc(-c2nc(CN3CCCCCC3)co2)c1. The Morgan fingerprint density at radius 3 is 2.70 bits per heavy atom. The molecule has 1 aromatic heterocycles. The average Bonchev–Trinajstić information content (AvgIpc) is 2.75. The molecule has 0 amide bonds. The van der Waals surface area contributed by atoms with Crippen LogP contribution in [0.2, 0.25) is 0 Å². The van der Waals surface area contributed by atoms with E-state index in [1.165, 1.54) is 37.8 Å². The molecule has 0 atom stereocenters. The van der Waals surface area contributed by atoms with E-state index in [0.29, 0.717) is 11.5 Å². The lowest BCUT2D eigenvalue weighted by Gasteiger charge is -2.17. The number of benzene rings is 1. The van der Waals surface area contributed by atoms with Crippen LogP contribution >= 0.6 is 0 Å². The van der Waals surface area contributed by atoms with Crippen molar-refractivity contribution < 1.29 is 8.81 Å². The van der Waals surface area contributed by atoms with E-state index in [2.05, 4.69) is 9.88 Å². The van der Waals surface area contributed by atoms with Gasteiger partial charge in [-0.2, -0.15) is 0 Å². The van der Waals surface area contributed by atoms with E-state index >= 15 is 0 Å². The summed E-state index contributed by atoms with van der Waals surface area (Å²) in [4.78, 5) is 6.89. The smallest absolute Gasteiger partial charge is 0.226 e. The first kappa shape index (κ1) is 13.3. The number of rotatable bonds is 3. The monoisotopic (exact) mass is 274 g/mol. The Hall–Kier alpha value is -1.68. The van der Waals surface area contributed by atoms with Crippen LogP contribution < -0.4 is 0 Å². The van der Waals surface area contributed by atoms with Gasteiger partial charge >= 0.3 is 0 Å². The Morgan fingerprint density at radius 1 is 1.15 bits per heavy atom. The minimum absolute atomic E-state index is 0.269. The molecule has 1 aromatic carbocycles. The van der Waals surface area contributed by atoms with E-state index in [9.17, 15) is 4.39 Å². The van der Waals surface area contributed by atoms with Gasteiger partial charge in [0.1, 0.15) is 12.1 Å². The number of hydrogen-bond donors (Lipinski definition) is 0. The minimum Gasteiger partial charge on any atom is -0.444 e. The Bertz CT molecular complexity index is 559. The van der Waals surface area contributed by atoms with Crippen LogP contribution in [0.4, 0.5) is 4.39 Å². The molecular weight excluding hydrogens is 255 g/mol. The van der Waals surface area contributed by atoms with Gasteiger partial charge in [-0.25, -0.2) is 9.37 Å². The van der Waals surface area contributed by atoms with E-state index in [1.807, 2.05) is 6.07 Å². The summed E-state index contributed by atoms with van der Waals surface area (Å²) in [5, 5.41) is 0. The highest BCUT2D eigenvalue weighted by Crippen LogP contribution is 2.20. The Balaban J connectivity index is 1.70. The van der Waals surface area contributed by atoms with Gasteiger partial charge in [0.25, 0.3) is 0 Å².